The van der Waals surface area contributed by atoms with Crippen molar-refractivity contribution in [3.05, 3.63) is 157 Å². The van der Waals surface area contributed by atoms with Crippen molar-refractivity contribution in [2.45, 2.75) is 19.3 Å². The first-order valence-electron chi connectivity index (χ1n) is 16.4. The minimum Gasteiger partial charge on any atom is -0.456 e. The number of fused-ring (bicyclic) bond motifs is 9. The Bertz CT molecular complexity index is 2680. The van der Waals surface area contributed by atoms with Crippen LogP contribution < -0.4 is 4.90 Å². The van der Waals surface area contributed by atoms with Gasteiger partial charge in [0, 0.05) is 44.9 Å². The van der Waals surface area contributed by atoms with Crippen molar-refractivity contribution in [3.63, 3.8) is 0 Å². The van der Waals surface area contributed by atoms with E-state index >= 15 is 0 Å². The molecule has 10 rings (SSSR count). The molecule has 4 heteroatoms. The standard InChI is InChI=1S/C44H30N2O2/c1-44(2)36-25-29(20-23-32(36)33-22-19-27-11-6-7-14-31(27)42(33)44)46(28-12-4-3-5-13-28)30-21-24-34-40(26-30)47-39-18-10-15-35(41(34)39)43-45-37-16-8-9-17-38(37)48-43/h3-26H,1-2H3. The van der Waals surface area contributed by atoms with Gasteiger partial charge in [-0.1, -0.05) is 92.7 Å². The van der Waals surface area contributed by atoms with Crippen LogP contribution in [0.15, 0.2) is 154 Å². The molecule has 4 nitrogen and oxygen atoms in total. The second-order valence-electron chi connectivity index (χ2n) is 13.2. The van der Waals surface area contributed by atoms with Gasteiger partial charge in [-0.2, -0.15) is 0 Å². The van der Waals surface area contributed by atoms with Crippen molar-refractivity contribution in [2.24, 2.45) is 0 Å². The molecule has 0 saturated heterocycles. The molecule has 0 bridgehead atoms. The fourth-order valence-corrected chi connectivity index (χ4v) is 7.87. The van der Waals surface area contributed by atoms with Crippen molar-refractivity contribution in [1.82, 2.24) is 4.98 Å². The molecule has 0 atom stereocenters. The van der Waals surface area contributed by atoms with E-state index in [0.29, 0.717) is 5.89 Å². The molecule has 0 unspecified atom stereocenters. The second-order valence-corrected chi connectivity index (χ2v) is 13.2. The molecule has 0 fully saturated rings. The van der Waals surface area contributed by atoms with Crippen LogP contribution in [0.5, 0.6) is 0 Å². The number of nitrogens with zero attached hydrogens (tertiary/aromatic N) is 2. The SMILES string of the molecule is CC1(C)c2cc(N(c3ccccc3)c3ccc4c(c3)oc3cccc(-c5nc6ccccc6o5)c34)ccc2-c2ccc3ccccc3c21. The van der Waals surface area contributed by atoms with Gasteiger partial charge in [-0.05, 0) is 93.7 Å². The average Bonchev–Trinajstić information content (AvgIpc) is 3.79. The van der Waals surface area contributed by atoms with E-state index in [1.165, 1.54) is 33.0 Å². The summed E-state index contributed by atoms with van der Waals surface area (Å²) in [6, 6.07) is 51.2. The quantitative estimate of drug-likeness (QED) is 0.197. The summed E-state index contributed by atoms with van der Waals surface area (Å²) in [5, 5.41) is 4.63. The van der Waals surface area contributed by atoms with E-state index in [-0.39, 0.29) is 5.41 Å². The molecule has 9 aromatic rings. The third-order valence-electron chi connectivity index (χ3n) is 10.1. The molecule has 0 radical (unpaired) electrons. The predicted molar refractivity (Wildman–Crippen MR) is 196 cm³/mol. The topological polar surface area (TPSA) is 42.4 Å². The van der Waals surface area contributed by atoms with Gasteiger partial charge in [0.15, 0.2) is 5.58 Å². The van der Waals surface area contributed by atoms with Gasteiger partial charge in [-0.3, -0.25) is 0 Å². The highest BCUT2D eigenvalue weighted by Crippen LogP contribution is 2.53. The molecule has 1 aliphatic carbocycles. The van der Waals surface area contributed by atoms with Crippen molar-refractivity contribution >= 4 is 60.9 Å². The van der Waals surface area contributed by atoms with Gasteiger partial charge in [0.25, 0.3) is 0 Å². The Hall–Kier alpha value is -6.13. The number of hydrogen-bond donors (Lipinski definition) is 0. The number of anilines is 3. The summed E-state index contributed by atoms with van der Waals surface area (Å²) in [5.41, 5.74) is 12.6. The summed E-state index contributed by atoms with van der Waals surface area (Å²) in [7, 11) is 0. The lowest BCUT2D eigenvalue weighted by atomic mass is 9.80. The maximum atomic E-state index is 6.55. The van der Waals surface area contributed by atoms with E-state index in [2.05, 4.69) is 128 Å². The Balaban J connectivity index is 1.13. The van der Waals surface area contributed by atoms with Gasteiger partial charge >= 0.3 is 0 Å². The molecule has 0 saturated carbocycles. The smallest absolute Gasteiger partial charge is 0.228 e. The molecule has 2 aromatic heterocycles. The van der Waals surface area contributed by atoms with E-state index in [0.717, 1.165) is 55.7 Å². The monoisotopic (exact) mass is 618 g/mol. The minimum absolute atomic E-state index is 0.159. The number of rotatable bonds is 4. The average molecular weight is 619 g/mol. The van der Waals surface area contributed by atoms with Crippen LogP contribution in [-0.4, -0.2) is 4.98 Å². The lowest BCUT2D eigenvalue weighted by Gasteiger charge is -2.28. The van der Waals surface area contributed by atoms with E-state index in [1.807, 2.05) is 36.4 Å². The number of aromatic nitrogens is 1. The van der Waals surface area contributed by atoms with Crippen LogP contribution in [0, 0.1) is 0 Å². The first kappa shape index (κ1) is 27.0. The Kier molecular flexibility index (Phi) is 5.59. The van der Waals surface area contributed by atoms with Crippen LogP contribution in [0.25, 0.3) is 66.4 Å². The largest absolute Gasteiger partial charge is 0.456 e. The van der Waals surface area contributed by atoms with Gasteiger partial charge in [0.05, 0.1) is 0 Å². The molecule has 0 N–H and O–H groups in total. The van der Waals surface area contributed by atoms with E-state index in [1.54, 1.807) is 0 Å². The van der Waals surface area contributed by atoms with E-state index in [9.17, 15) is 0 Å². The van der Waals surface area contributed by atoms with Gasteiger partial charge in [0.2, 0.25) is 5.89 Å². The Morgan fingerprint density at radius 1 is 0.521 bits per heavy atom. The summed E-state index contributed by atoms with van der Waals surface area (Å²) in [4.78, 5) is 7.13. The lowest BCUT2D eigenvalue weighted by molar-refractivity contribution is 0.620. The maximum absolute atomic E-state index is 6.55. The first-order chi connectivity index (χ1) is 23.5. The number of oxazole rings is 1. The van der Waals surface area contributed by atoms with Crippen LogP contribution >= 0.6 is 0 Å². The van der Waals surface area contributed by atoms with Gasteiger partial charge in [-0.15, -0.1) is 0 Å². The molecule has 0 spiro atoms. The Labute approximate surface area is 277 Å². The zero-order valence-corrected chi connectivity index (χ0v) is 26.6. The Morgan fingerprint density at radius 2 is 1.27 bits per heavy atom. The third-order valence-corrected chi connectivity index (χ3v) is 10.1. The minimum atomic E-state index is -0.159. The van der Waals surface area contributed by atoms with Crippen LogP contribution in [-0.2, 0) is 5.41 Å². The van der Waals surface area contributed by atoms with Gasteiger partial charge in [0.1, 0.15) is 16.7 Å². The van der Waals surface area contributed by atoms with Crippen molar-refractivity contribution in [3.8, 4) is 22.6 Å². The van der Waals surface area contributed by atoms with Crippen molar-refractivity contribution in [2.75, 3.05) is 4.90 Å². The van der Waals surface area contributed by atoms with Crippen LogP contribution in [0.3, 0.4) is 0 Å². The highest BCUT2D eigenvalue weighted by molar-refractivity contribution is 6.12. The number of para-hydroxylation sites is 3. The predicted octanol–water partition coefficient (Wildman–Crippen LogP) is 12.3. The number of benzene rings is 7. The summed E-state index contributed by atoms with van der Waals surface area (Å²) in [5.74, 6) is 0.592. The summed E-state index contributed by atoms with van der Waals surface area (Å²) in [6.45, 7) is 4.71. The summed E-state index contributed by atoms with van der Waals surface area (Å²) in [6.07, 6.45) is 0. The first-order valence-corrected chi connectivity index (χ1v) is 16.4. The maximum Gasteiger partial charge on any atom is 0.228 e. The number of hydrogen-bond acceptors (Lipinski definition) is 4. The lowest BCUT2D eigenvalue weighted by Crippen LogP contribution is -2.17. The molecule has 0 aliphatic heterocycles. The fraction of sp³-hybridized carbons (Fsp3) is 0.0682. The molecule has 1 aliphatic rings. The summed E-state index contributed by atoms with van der Waals surface area (Å²) < 4.78 is 12.7. The zero-order valence-electron chi connectivity index (χ0n) is 26.6. The second kappa shape index (κ2) is 9.93. The molecule has 228 valence electrons. The summed E-state index contributed by atoms with van der Waals surface area (Å²) >= 11 is 0. The van der Waals surface area contributed by atoms with E-state index < -0.39 is 0 Å². The highest BCUT2D eigenvalue weighted by atomic mass is 16.3. The number of furan rings is 1. The van der Waals surface area contributed by atoms with Gasteiger partial charge < -0.3 is 13.7 Å². The van der Waals surface area contributed by atoms with Crippen molar-refractivity contribution < 1.29 is 8.83 Å². The van der Waals surface area contributed by atoms with Crippen LogP contribution in [0.4, 0.5) is 17.1 Å². The Morgan fingerprint density at radius 3 is 2.17 bits per heavy atom. The molecule has 0 amide bonds. The van der Waals surface area contributed by atoms with Crippen LogP contribution in [0.2, 0.25) is 0 Å². The molecular formula is C44H30N2O2. The molecule has 48 heavy (non-hydrogen) atoms. The van der Waals surface area contributed by atoms with Crippen molar-refractivity contribution in [1.29, 1.82) is 0 Å². The van der Waals surface area contributed by atoms with E-state index in [4.69, 9.17) is 13.8 Å². The molecule has 2 heterocycles. The molecular weight excluding hydrogens is 588 g/mol. The normalized spacial score (nSPS) is 13.4. The highest BCUT2D eigenvalue weighted by Gasteiger charge is 2.37. The van der Waals surface area contributed by atoms with Crippen LogP contribution in [0.1, 0.15) is 25.0 Å². The molecule has 7 aromatic carbocycles. The fourth-order valence-electron chi connectivity index (χ4n) is 7.87. The zero-order chi connectivity index (χ0) is 32.0. The van der Waals surface area contributed by atoms with Gasteiger partial charge in [-0.25, -0.2) is 4.98 Å². The third kappa shape index (κ3) is 3.86.